The van der Waals surface area contributed by atoms with Gasteiger partial charge in [0.05, 0.1) is 7.11 Å². The number of rotatable bonds is 3. The lowest BCUT2D eigenvalue weighted by molar-refractivity contribution is 0.213. The SMILES string of the molecule is COc1c(C)cc(Br)c(C)c1C(O)c1ccc(F)c(C)c1. The van der Waals surface area contributed by atoms with Gasteiger partial charge in [-0.1, -0.05) is 28.1 Å². The number of aliphatic hydroxyl groups is 1. The average molecular weight is 353 g/mol. The first-order valence-electron chi connectivity index (χ1n) is 6.64. The summed E-state index contributed by atoms with van der Waals surface area (Å²) in [5.41, 5.74) is 3.70. The van der Waals surface area contributed by atoms with Crippen molar-refractivity contribution in [2.45, 2.75) is 26.9 Å². The minimum absolute atomic E-state index is 0.278. The van der Waals surface area contributed by atoms with Crippen molar-refractivity contribution in [1.82, 2.24) is 0 Å². The monoisotopic (exact) mass is 352 g/mol. The fourth-order valence-electron chi connectivity index (χ4n) is 2.48. The van der Waals surface area contributed by atoms with Crippen LogP contribution in [0.15, 0.2) is 28.7 Å². The van der Waals surface area contributed by atoms with Crippen LogP contribution in [-0.2, 0) is 0 Å². The van der Waals surface area contributed by atoms with Crippen molar-refractivity contribution in [3.8, 4) is 5.75 Å². The third-order valence-electron chi connectivity index (χ3n) is 3.68. The summed E-state index contributed by atoms with van der Waals surface area (Å²) in [4.78, 5) is 0. The van der Waals surface area contributed by atoms with Gasteiger partial charge in [-0.05, 0) is 55.2 Å². The van der Waals surface area contributed by atoms with E-state index in [1.165, 1.54) is 6.07 Å². The number of aryl methyl sites for hydroxylation is 2. The Morgan fingerprint density at radius 3 is 2.38 bits per heavy atom. The fraction of sp³-hybridized carbons (Fsp3) is 0.294. The molecule has 0 fully saturated rings. The summed E-state index contributed by atoms with van der Waals surface area (Å²) in [6, 6.07) is 6.60. The standard InChI is InChI=1S/C17H18BrFO2/c1-9-7-12(5-6-14(9)19)16(20)15-11(3)13(18)8-10(2)17(15)21-4/h5-8,16,20H,1-4H3. The molecule has 21 heavy (non-hydrogen) atoms. The van der Waals surface area contributed by atoms with Crippen LogP contribution in [-0.4, -0.2) is 12.2 Å². The van der Waals surface area contributed by atoms with E-state index in [9.17, 15) is 9.50 Å². The number of methoxy groups -OCH3 is 1. The molecule has 2 nitrogen and oxygen atoms in total. The molecule has 0 aliphatic heterocycles. The van der Waals surface area contributed by atoms with Crippen LogP contribution in [0.5, 0.6) is 5.75 Å². The minimum Gasteiger partial charge on any atom is -0.496 e. The largest absolute Gasteiger partial charge is 0.496 e. The van der Waals surface area contributed by atoms with Gasteiger partial charge >= 0.3 is 0 Å². The van der Waals surface area contributed by atoms with Crippen molar-refractivity contribution >= 4 is 15.9 Å². The molecule has 0 radical (unpaired) electrons. The van der Waals surface area contributed by atoms with E-state index in [-0.39, 0.29) is 5.82 Å². The van der Waals surface area contributed by atoms with Gasteiger partial charge in [-0.3, -0.25) is 0 Å². The lowest BCUT2D eigenvalue weighted by Gasteiger charge is -2.21. The topological polar surface area (TPSA) is 29.5 Å². The molecule has 0 saturated heterocycles. The lowest BCUT2D eigenvalue weighted by Crippen LogP contribution is -2.07. The zero-order valence-electron chi connectivity index (χ0n) is 12.5. The predicted molar refractivity (Wildman–Crippen MR) is 85.4 cm³/mol. The molecule has 0 heterocycles. The molecule has 2 aromatic rings. The normalized spacial score (nSPS) is 12.3. The number of aliphatic hydroxyl groups excluding tert-OH is 1. The van der Waals surface area contributed by atoms with E-state index in [0.29, 0.717) is 22.4 Å². The first-order chi connectivity index (χ1) is 9.86. The Morgan fingerprint density at radius 2 is 1.81 bits per heavy atom. The van der Waals surface area contributed by atoms with Crippen LogP contribution in [0.1, 0.15) is 33.9 Å². The molecule has 2 aromatic carbocycles. The number of ether oxygens (including phenoxy) is 1. The highest BCUT2D eigenvalue weighted by Crippen LogP contribution is 2.39. The fourth-order valence-corrected chi connectivity index (χ4v) is 3.04. The van der Waals surface area contributed by atoms with E-state index in [0.717, 1.165) is 15.6 Å². The molecule has 0 amide bonds. The van der Waals surface area contributed by atoms with Crippen molar-refractivity contribution in [3.05, 3.63) is 62.4 Å². The van der Waals surface area contributed by atoms with Gasteiger partial charge in [-0.2, -0.15) is 0 Å². The Morgan fingerprint density at radius 1 is 1.14 bits per heavy atom. The summed E-state index contributed by atoms with van der Waals surface area (Å²) < 4.78 is 19.8. The summed E-state index contributed by atoms with van der Waals surface area (Å²) in [6.45, 7) is 5.53. The molecule has 1 N–H and O–H groups in total. The summed E-state index contributed by atoms with van der Waals surface area (Å²) in [6.07, 6.45) is -0.865. The highest BCUT2D eigenvalue weighted by molar-refractivity contribution is 9.10. The van der Waals surface area contributed by atoms with Gasteiger partial charge in [0.15, 0.2) is 0 Å². The molecule has 0 aromatic heterocycles. The molecule has 1 unspecified atom stereocenters. The molecule has 0 aliphatic carbocycles. The van der Waals surface area contributed by atoms with Crippen LogP contribution in [0, 0.1) is 26.6 Å². The van der Waals surface area contributed by atoms with E-state index in [2.05, 4.69) is 15.9 Å². The smallest absolute Gasteiger partial charge is 0.128 e. The van der Waals surface area contributed by atoms with Crippen molar-refractivity contribution in [2.75, 3.05) is 7.11 Å². The van der Waals surface area contributed by atoms with Crippen LogP contribution in [0.4, 0.5) is 4.39 Å². The van der Waals surface area contributed by atoms with Crippen LogP contribution in [0.3, 0.4) is 0 Å². The van der Waals surface area contributed by atoms with E-state index in [1.54, 1.807) is 26.2 Å². The maximum Gasteiger partial charge on any atom is 0.128 e. The third-order valence-corrected chi connectivity index (χ3v) is 4.51. The van der Waals surface area contributed by atoms with Gasteiger partial charge in [-0.15, -0.1) is 0 Å². The van der Waals surface area contributed by atoms with Crippen LogP contribution >= 0.6 is 15.9 Å². The van der Waals surface area contributed by atoms with Gasteiger partial charge in [-0.25, -0.2) is 4.39 Å². The quantitative estimate of drug-likeness (QED) is 0.874. The highest BCUT2D eigenvalue weighted by atomic mass is 79.9. The Balaban J connectivity index is 2.62. The zero-order chi connectivity index (χ0) is 15.7. The summed E-state index contributed by atoms with van der Waals surface area (Å²) in [7, 11) is 1.59. The number of hydrogen-bond acceptors (Lipinski definition) is 2. The van der Waals surface area contributed by atoms with Gasteiger partial charge < -0.3 is 9.84 Å². The predicted octanol–water partition coefficient (Wildman–Crippen LogP) is 4.60. The second kappa shape index (κ2) is 6.16. The Labute approximate surface area is 132 Å². The first-order valence-corrected chi connectivity index (χ1v) is 7.43. The molecule has 0 aliphatic rings. The second-order valence-corrected chi connectivity index (χ2v) is 6.01. The molecular weight excluding hydrogens is 335 g/mol. The summed E-state index contributed by atoms with van der Waals surface area (Å²) >= 11 is 3.50. The van der Waals surface area contributed by atoms with Crippen molar-refractivity contribution in [1.29, 1.82) is 0 Å². The Kier molecular flexibility index (Phi) is 4.69. The van der Waals surface area contributed by atoms with Crippen LogP contribution in [0.25, 0.3) is 0 Å². The zero-order valence-corrected chi connectivity index (χ0v) is 14.1. The van der Waals surface area contributed by atoms with Crippen LogP contribution < -0.4 is 4.74 Å². The molecular formula is C17H18BrFO2. The van der Waals surface area contributed by atoms with Crippen LogP contribution in [0.2, 0.25) is 0 Å². The van der Waals surface area contributed by atoms with Gasteiger partial charge in [0, 0.05) is 10.0 Å². The number of hydrogen-bond donors (Lipinski definition) is 1. The maximum absolute atomic E-state index is 13.4. The van der Waals surface area contributed by atoms with Gasteiger partial charge in [0.1, 0.15) is 17.7 Å². The first kappa shape index (κ1) is 16.0. The van der Waals surface area contributed by atoms with Crippen molar-refractivity contribution in [2.24, 2.45) is 0 Å². The van der Waals surface area contributed by atoms with Gasteiger partial charge in [0.2, 0.25) is 0 Å². The molecule has 0 saturated carbocycles. The van der Waals surface area contributed by atoms with E-state index in [1.807, 2.05) is 19.9 Å². The minimum atomic E-state index is -0.865. The summed E-state index contributed by atoms with van der Waals surface area (Å²) in [5.74, 6) is 0.380. The molecule has 112 valence electrons. The summed E-state index contributed by atoms with van der Waals surface area (Å²) in [5, 5.41) is 10.7. The Bertz CT molecular complexity index is 683. The van der Waals surface area contributed by atoms with Crippen molar-refractivity contribution < 1.29 is 14.2 Å². The number of benzene rings is 2. The molecule has 0 bridgehead atoms. The molecule has 1 atom stereocenters. The van der Waals surface area contributed by atoms with Gasteiger partial charge in [0.25, 0.3) is 0 Å². The maximum atomic E-state index is 13.4. The van der Waals surface area contributed by atoms with Crippen molar-refractivity contribution in [3.63, 3.8) is 0 Å². The molecule has 2 rings (SSSR count). The van der Waals surface area contributed by atoms with E-state index >= 15 is 0 Å². The van der Waals surface area contributed by atoms with E-state index < -0.39 is 6.10 Å². The third kappa shape index (κ3) is 2.97. The lowest BCUT2D eigenvalue weighted by atomic mass is 9.93. The molecule has 0 spiro atoms. The highest BCUT2D eigenvalue weighted by Gasteiger charge is 2.22. The average Bonchev–Trinajstić information content (AvgIpc) is 2.44. The molecule has 4 heteroatoms. The second-order valence-electron chi connectivity index (χ2n) is 5.16. The number of halogens is 2. The Hall–Kier alpha value is -1.39. The van der Waals surface area contributed by atoms with E-state index in [4.69, 9.17) is 4.74 Å².